The largest absolute Gasteiger partial charge is 0.491 e. The Bertz CT molecular complexity index is 962. The van der Waals surface area contributed by atoms with Gasteiger partial charge in [-0.05, 0) is 74.2 Å². The first kappa shape index (κ1) is 24.2. The Labute approximate surface area is 190 Å². The van der Waals surface area contributed by atoms with Gasteiger partial charge in [0.05, 0.1) is 11.0 Å². The minimum Gasteiger partial charge on any atom is -0.491 e. The maximum atomic E-state index is 12.9. The zero-order valence-corrected chi connectivity index (χ0v) is 19.6. The third-order valence-electron chi connectivity index (χ3n) is 5.27. The molecule has 2 aromatic carbocycles. The molecule has 0 bridgehead atoms. The van der Waals surface area contributed by atoms with Crippen molar-refractivity contribution >= 4 is 21.6 Å². The van der Waals surface area contributed by atoms with Crippen molar-refractivity contribution in [3.05, 3.63) is 54.1 Å². The van der Waals surface area contributed by atoms with Crippen molar-refractivity contribution in [2.24, 2.45) is 0 Å². The number of nitrogens with one attached hydrogen (secondary N) is 1. The van der Waals surface area contributed by atoms with Crippen molar-refractivity contribution in [2.75, 3.05) is 31.6 Å². The Morgan fingerprint density at radius 2 is 1.72 bits per heavy atom. The predicted octanol–water partition coefficient (Wildman–Crippen LogP) is 4.31. The number of carbonyl (C=O) groups excluding carboxylic acids is 1. The van der Waals surface area contributed by atoms with Gasteiger partial charge in [0.1, 0.15) is 12.4 Å². The quantitative estimate of drug-likeness (QED) is 0.540. The number of sulfonamides is 1. The summed E-state index contributed by atoms with van der Waals surface area (Å²) < 4.78 is 38.5. The van der Waals surface area contributed by atoms with Crippen LogP contribution in [-0.4, -0.2) is 51.0 Å². The summed E-state index contributed by atoms with van der Waals surface area (Å²) in [6.45, 7) is 6.19. The fourth-order valence-electron chi connectivity index (χ4n) is 3.58. The number of carbonyl (C=O) groups is 1. The van der Waals surface area contributed by atoms with E-state index in [0.717, 1.165) is 32.3 Å². The number of nitrogens with zero attached hydrogens (tertiary/aromatic N) is 1. The van der Waals surface area contributed by atoms with Crippen LogP contribution >= 0.6 is 0 Å². The molecule has 0 radical (unpaired) electrons. The van der Waals surface area contributed by atoms with E-state index in [9.17, 15) is 13.2 Å². The molecule has 32 heavy (non-hydrogen) atoms. The minimum absolute atomic E-state index is 0.140. The second-order valence-electron chi connectivity index (χ2n) is 7.85. The maximum absolute atomic E-state index is 12.9. The Morgan fingerprint density at radius 1 is 1.06 bits per heavy atom. The highest BCUT2D eigenvalue weighted by Crippen LogP contribution is 2.21. The van der Waals surface area contributed by atoms with Crippen LogP contribution in [0.4, 0.5) is 5.69 Å². The van der Waals surface area contributed by atoms with E-state index in [0.29, 0.717) is 36.7 Å². The lowest BCUT2D eigenvalue weighted by Gasteiger charge is -2.21. The van der Waals surface area contributed by atoms with Gasteiger partial charge in [-0.15, -0.1) is 0 Å². The lowest BCUT2D eigenvalue weighted by Crippen LogP contribution is -2.32. The maximum Gasteiger partial charge on any atom is 0.255 e. The van der Waals surface area contributed by atoms with E-state index in [-0.39, 0.29) is 16.9 Å². The standard InChI is InChI=1S/C24H32N2O5S/c1-3-15-26(16-4-2)32(28,29)23-13-9-20(10-14-23)25-24(27)19-7-11-21(12-8-19)31-18-22-6-5-17-30-22/h7-14,22H,3-6,15-18H2,1-2H3,(H,25,27). The van der Waals surface area contributed by atoms with Crippen LogP contribution in [0, 0.1) is 0 Å². The van der Waals surface area contributed by atoms with Crippen LogP contribution in [0.5, 0.6) is 5.75 Å². The summed E-state index contributed by atoms with van der Waals surface area (Å²) in [5.74, 6) is 0.417. The molecule has 174 valence electrons. The summed E-state index contributed by atoms with van der Waals surface area (Å²) in [6.07, 6.45) is 3.73. The lowest BCUT2D eigenvalue weighted by molar-refractivity contribution is 0.0679. The molecule has 1 aliphatic heterocycles. The molecule has 3 rings (SSSR count). The predicted molar refractivity (Wildman–Crippen MR) is 125 cm³/mol. The first-order valence-corrected chi connectivity index (χ1v) is 12.6. The summed E-state index contributed by atoms with van der Waals surface area (Å²) in [7, 11) is -3.54. The molecule has 1 saturated heterocycles. The SMILES string of the molecule is CCCN(CCC)S(=O)(=O)c1ccc(NC(=O)c2ccc(OCC3CCCO3)cc2)cc1. The third-order valence-corrected chi connectivity index (χ3v) is 7.19. The van der Waals surface area contributed by atoms with E-state index in [1.165, 1.54) is 16.4 Å². The van der Waals surface area contributed by atoms with E-state index in [4.69, 9.17) is 9.47 Å². The normalized spacial score (nSPS) is 16.3. The van der Waals surface area contributed by atoms with Gasteiger partial charge in [-0.1, -0.05) is 13.8 Å². The number of anilines is 1. The van der Waals surface area contributed by atoms with E-state index < -0.39 is 10.0 Å². The van der Waals surface area contributed by atoms with E-state index in [2.05, 4.69) is 5.32 Å². The van der Waals surface area contributed by atoms with Gasteiger partial charge in [0.25, 0.3) is 5.91 Å². The number of rotatable bonds is 11. The molecular formula is C24H32N2O5S. The topological polar surface area (TPSA) is 84.9 Å². The molecule has 1 aliphatic rings. The summed E-state index contributed by atoms with van der Waals surface area (Å²) in [5.41, 5.74) is 1.02. The molecule has 0 saturated carbocycles. The Hall–Kier alpha value is -2.42. The van der Waals surface area contributed by atoms with Gasteiger partial charge in [-0.3, -0.25) is 4.79 Å². The van der Waals surface area contributed by atoms with Crippen molar-refractivity contribution < 1.29 is 22.7 Å². The fourth-order valence-corrected chi connectivity index (χ4v) is 5.21. The molecule has 1 N–H and O–H groups in total. The summed E-state index contributed by atoms with van der Waals surface area (Å²) in [6, 6.07) is 13.2. The second-order valence-corrected chi connectivity index (χ2v) is 9.79. The molecule has 0 aromatic heterocycles. The van der Waals surface area contributed by atoms with Gasteiger partial charge < -0.3 is 14.8 Å². The van der Waals surface area contributed by atoms with Gasteiger partial charge in [-0.2, -0.15) is 4.31 Å². The van der Waals surface area contributed by atoms with E-state index in [1.807, 2.05) is 13.8 Å². The Balaban J connectivity index is 1.59. The van der Waals surface area contributed by atoms with Crippen LogP contribution in [0.25, 0.3) is 0 Å². The first-order valence-electron chi connectivity index (χ1n) is 11.2. The molecule has 0 spiro atoms. The van der Waals surface area contributed by atoms with Crippen LogP contribution in [0.15, 0.2) is 53.4 Å². The van der Waals surface area contributed by atoms with E-state index in [1.54, 1.807) is 36.4 Å². The van der Waals surface area contributed by atoms with Gasteiger partial charge in [0.2, 0.25) is 10.0 Å². The van der Waals surface area contributed by atoms with Crippen LogP contribution in [0.2, 0.25) is 0 Å². The zero-order valence-electron chi connectivity index (χ0n) is 18.7. The highest BCUT2D eigenvalue weighted by atomic mass is 32.2. The Morgan fingerprint density at radius 3 is 2.28 bits per heavy atom. The average molecular weight is 461 g/mol. The van der Waals surface area contributed by atoms with Crippen molar-refractivity contribution in [3.8, 4) is 5.75 Å². The first-order chi connectivity index (χ1) is 15.4. The van der Waals surface area contributed by atoms with Crippen molar-refractivity contribution in [2.45, 2.75) is 50.5 Å². The van der Waals surface area contributed by atoms with Gasteiger partial charge in [0.15, 0.2) is 0 Å². The smallest absolute Gasteiger partial charge is 0.255 e. The molecule has 1 fully saturated rings. The number of ether oxygens (including phenoxy) is 2. The molecule has 7 nitrogen and oxygen atoms in total. The summed E-state index contributed by atoms with van der Waals surface area (Å²) in [5, 5.41) is 2.80. The van der Waals surface area contributed by atoms with Crippen LogP contribution in [0.3, 0.4) is 0 Å². The molecule has 1 unspecified atom stereocenters. The van der Waals surface area contributed by atoms with Crippen LogP contribution in [-0.2, 0) is 14.8 Å². The molecular weight excluding hydrogens is 428 g/mol. The number of hydrogen-bond donors (Lipinski definition) is 1. The monoisotopic (exact) mass is 460 g/mol. The van der Waals surface area contributed by atoms with Crippen molar-refractivity contribution in [1.29, 1.82) is 0 Å². The minimum atomic E-state index is -3.54. The Kier molecular flexibility index (Phi) is 8.67. The third kappa shape index (κ3) is 6.31. The van der Waals surface area contributed by atoms with Gasteiger partial charge in [0, 0.05) is 30.9 Å². The lowest BCUT2D eigenvalue weighted by atomic mass is 10.2. The summed E-state index contributed by atoms with van der Waals surface area (Å²) in [4.78, 5) is 12.8. The second kappa shape index (κ2) is 11.4. The molecule has 1 atom stereocenters. The van der Waals surface area contributed by atoms with Gasteiger partial charge >= 0.3 is 0 Å². The fraction of sp³-hybridized carbons (Fsp3) is 0.458. The molecule has 8 heteroatoms. The van der Waals surface area contributed by atoms with Crippen LogP contribution < -0.4 is 10.1 Å². The number of amides is 1. The molecule has 0 aliphatic carbocycles. The number of hydrogen-bond acceptors (Lipinski definition) is 5. The van der Waals surface area contributed by atoms with Crippen molar-refractivity contribution in [3.63, 3.8) is 0 Å². The molecule has 1 heterocycles. The highest BCUT2D eigenvalue weighted by molar-refractivity contribution is 7.89. The number of benzene rings is 2. The molecule has 1 amide bonds. The molecule has 2 aromatic rings. The summed E-state index contributed by atoms with van der Waals surface area (Å²) >= 11 is 0. The van der Waals surface area contributed by atoms with E-state index >= 15 is 0 Å². The zero-order chi connectivity index (χ0) is 23.0. The average Bonchev–Trinajstić information content (AvgIpc) is 3.32. The highest BCUT2D eigenvalue weighted by Gasteiger charge is 2.23. The van der Waals surface area contributed by atoms with Crippen LogP contribution in [0.1, 0.15) is 49.9 Å². The van der Waals surface area contributed by atoms with Crippen molar-refractivity contribution in [1.82, 2.24) is 4.31 Å². The van der Waals surface area contributed by atoms with Gasteiger partial charge in [-0.25, -0.2) is 8.42 Å².